The number of benzene rings is 2. The molecule has 1 saturated carbocycles. The minimum absolute atomic E-state index is 0.00720. The first-order valence-corrected chi connectivity index (χ1v) is 14.7. The highest BCUT2D eigenvalue weighted by Gasteiger charge is 2.46. The lowest BCUT2D eigenvalue weighted by molar-refractivity contribution is -0.232. The number of halogens is 6. The molecule has 256 valence electrons. The average molecular weight is 682 g/mol. The van der Waals surface area contributed by atoms with Gasteiger partial charge in [0, 0.05) is 18.5 Å². The third kappa shape index (κ3) is 7.69. The number of anilines is 1. The van der Waals surface area contributed by atoms with E-state index < -0.39 is 48.2 Å². The zero-order valence-corrected chi connectivity index (χ0v) is 25.3. The van der Waals surface area contributed by atoms with Gasteiger partial charge in [-0.15, -0.1) is 0 Å². The number of nitrogens with zero attached hydrogens (tertiary/aromatic N) is 5. The van der Waals surface area contributed by atoms with Crippen LogP contribution in [-0.4, -0.2) is 74.7 Å². The molecular formula is C30H29F6N7O5. The van der Waals surface area contributed by atoms with Crippen molar-refractivity contribution in [3.63, 3.8) is 0 Å². The molecule has 2 unspecified atom stereocenters. The van der Waals surface area contributed by atoms with Crippen LogP contribution < -0.4 is 11.1 Å². The summed E-state index contributed by atoms with van der Waals surface area (Å²) in [6.07, 6.45) is -9.26. The minimum atomic E-state index is -5.52. The van der Waals surface area contributed by atoms with Crippen molar-refractivity contribution in [2.75, 3.05) is 11.9 Å². The van der Waals surface area contributed by atoms with Gasteiger partial charge in [0.05, 0.1) is 17.6 Å². The van der Waals surface area contributed by atoms with Gasteiger partial charge in [-0.3, -0.25) is 4.79 Å². The number of nitrogens with one attached hydrogen (secondary N) is 1. The van der Waals surface area contributed by atoms with E-state index in [4.69, 9.17) is 5.73 Å². The Bertz CT molecular complexity index is 1750. The van der Waals surface area contributed by atoms with Crippen molar-refractivity contribution in [1.82, 2.24) is 19.9 Å². The normalized spacial score (nSPS) is 18.6. The Balaban J connectivity index is 1.49. The van der Waals surface area contributed by atoms with Gasteiger partial charge in [-0.25, -0.2) is 19.6 Å². The lowest BCUT2D eigenvalue weighted by atomic mass is 9.90. The van der Waals surface area contributed by atoms with Gasteiger partial charge in [-0.2, -0.15) is 31.4 Å². The summed E-state index contributed by atoms with van der Waals surface area (Å²) in [5.74, 6) is -7.29. The summed E-state index contributed by atoms with van der Waals surface area (Å²) in [5, 5.41) is 6.56. The molecule has 2 atom stereocenters. The van der Waals surface area contributed by atoms with Crippen molar-refractivity contribution in [3.8, 4) is 0 Å². The van der Waals surface area contributed by atoms with Gasteiger partial charge in [0.1, 0.15) is 5.82 Å². The second-order valence-corrected chi connectivity index (χ2v) is 11.3. The standard InChI is InChI=1S/C30H29F6N7O5/c1-16-10-11-20-19(14-16)23(40-24(38-20)25(44)42-13-12-17-6-2-3-7-18(17)15-42)39-21-8-4-5-9-22(21)43(48-27(46)30(34,35)36)28(37)41-47-26(45)29(31,32)33/h2-3,6-7,10-11,14,21-22H,4-5,8-9,12-13,15H2,1H3,(H2,37,41)(H,38,39,40). The van der Waals surface area contributed by atoms with E-state index in [1.807, 2.05) is 24.3 Å². The molecule has 0 radical (unpaired) electrons. The third-order valence-corrected chi connectivity index (χ3v) is 7.91. The van der Waals surface area contributed by atoms with E-state index >= 15 is 0 Å². The SMILES string of the molecule is Cc1ccc2nc(C(=O)N3CCc4ccccc4C3)nc(NC3CCCCC3N(OC(=O)C(F)(F)F)/C(N)=N/OC(=O)C(F)(F)F)c2c1. The van der Waals surface area contributed by atoms with E-state index in [-0.39, 0.29) is 29.5 Å². The van der Waals surface area contributed by atoms with Crippen LogP contribution in [0.25, 0.3) is 10.9 Å². The molecule has 5 rings (SSSR count). The fourth-order valence-corrected chi connectivity index (χ4v) is 5.60. The molecule has 3 N–H and O–H groups in total. The fraction of sp³-hybridized carbons (Fsp3) is 0.400. The number of guanidine groups is 1. The molecule has 1 fully saturated rings. The first-order valence-electron chi connectivity index (χ1n) is 14.7. The van der Waals surface area contributed by atoms with Gasteiger partial charge in [0.2, 0.25) is 5.82 Å². The molecule has 1 aromatic heterocycles. The lowest BCUT2D eigenvalue weighted by Gasteiger charge is -2.39. The third-order valence-electron chi connectivity index (χ3n) is 7.91. The summed E-state index contributed by atoms with van der Waals surface area (Å²) in [6.45, 7) is 2.54. The van der Waals surface area contributed by atoms with Gasteiger partial charge >= 0.3 is 24.3 Å². The zero-order chi connectivity index (χ0) is 34.8. The molecule has 1 aliphatic carbocycles. The molecule has 1 amide bonds. The molecule has 2 aromatic carbocycles. The summed E-state index contributed by atoms with van der Waals surface area (Å²) in [5.41, 5.74) is 8.94. The Morgan fingerprint density at radius 2 is 1.67 bits per heavy atom. The van der Waals surface area contributed by atoms with Crippen LogP contribution in [0.2, 0.25) is 0 Å². The maximum absolute atomic E-state index is 13.7. The largest absolute Gasteiger partial charge is 0.493 e. The number of alkyl halides is 6. The van der Waals surface area contributed by atoms with Crippen molar-refractivity contribution in [3.05, 3.63) is 65.0 Å². The van der Waals surface area contributed by atoms with Gasteiger partial charge in [-0.1, -0.05) is 48.7 Å². The van der Waals surface area contributed by atoms with E-state index in [1.165, 1.54) is 0 Å². The predicted molar refractivity (Wildman–Crippen MR) is 157 cm³/mol. The van der Waals surface area contributed by atoms with Crippen LogP contribution in [0.5, 0.6) is 0 Å². The molecular weight excluding hydrogens is 652 g/mol. The fourth-order valence-electron chi connectivity index (χ4n) is 5.60. The quantitative estimate of drug-likeness (QED) is 0.129. The summed E-state index contributed by atoms with van der Waals surface area (Å²) in [7, 11) is 0. The second kappa shape index (κ2) is 13.5. The number of rotatable bonds is 5. The number of aryl methyl sites for hydroxylation is 1. The lowest BCUT2D eigenvalue weighted by Crippen LogP contribution is -2.55. The molecule has 12 nitrogen and oxygen atoms in total. The van der Waals surface area contributed by atoms with Crippen LogP contribution in [0.15, 0.2) is 47.6 Å². The number of oxime groups is 1. The van der Waals surface area contributed by atoms with Gasteiger partial charge in [-0.05, 0) is 54.6 Å². The number of fused-ring (bicyclic) bond motifs is 2. The van der Waals surface area contributed by atoms with Crippen molar-refractivity contribution >= 4 is 40.5 Å². The minimum Gasteiger partial charge on any atom is -0.365 e. The number of aromatic nitrogens is 2. The number of carbonyl (C=O) groups is 3. The first kappa shape index (κ1) is 34.2. The van der Waals surface area contributed by atoms with E-state index in [0.29, 0.717) is 43.3 Å². The molecule has 2 aliphatic rings. The summed E-state index contributed by atoms with van der Waals surface area (Å²) >= 11 is 0. The number of nitrogens with two attached hydrogens (primary N) is 1. The van der Waals surface area contributed by atoms with Crippen LogP contribution >= 0.6 is 0 Å². The van der Waals surface area contributed by atoms with Gasteiger partial charge in [0.15, 0.2) is 0 Å². The van der Waals surface area contributed by atoms with Crippen LogP contribution in [0, 0.1) is 6.92 Å². The number of carbonyl (C=O) groups excluding carboxylic acids is 3. The van der Waals surface area contributed by atoms with Crippen molar-refractivity contribution in [1.29, 1.82) is 0 Å². The highest BCUT2D eigenvalue weighted by molar-refractivity contribution is 5.97. The Hall–Kier alpha value is -5.16. The number of amides is 1. The number of hydrogen-bond donors (Lipinski definition) is 2. The Morgan fingerprint density at radius 1 is 0.979 bits per heavy atom. The summed E-state index contributed by atoms with van der Waals surface area (Å²) < 4.78 is 77.7. The summed E-state index contributed by atoms with van der Waals surface area (Å²) in [6, 6.07) is 10.7. The van der Waals surface area contributed by atoms with E-state index in [0.717, 1.165) is 16.7 Å². The molecule has 3 aromatic rings. The molecule has 0 bridgehead atoms. The Kier molecular flexibility index (Phi) is 9.63. The molecule has 0 saturated heterocycles. The highest BCUT2D eigenvalue weighted by atomic mass is 19.4. The molecule has 2 heterocycles. The van der Waals surface area contributed by atoms with Gasteiger partial charge < -0.3 is 25.6 Å². The van der Waals surface area contributed by atoms with Gasteiger partial charge in [0.25, 0.3) is 11.9 Å². The average Bonchev–Trinajstić information content (AvgIpc) is 3.04. The van der Waals surface area contributed by atoms with Crippen LogP contribution in [0.4, 0.5) is 32.2 Å². The molecule has 18 heteroatoms. The maximum atomic E-state index is 13.7. The van der Waals surface area contributed by atoms with Crippen LogP contribution in [0.3, 0.4) is 0 Å². The van der Waals surface area contributed by atoms with Crippen molar-refractivity contribution in [2.24, 2.45) is 10.9 Å². The predicted octanol–water partition coefficient (Wildman–Crippen LogP) is 4.52. The number of hydroxylamine groups is 2. The zero-order valence-electron chi connectivity index (χ0n) is 25.3. The smallest absolute Gasteiger partial charge is 0.365 e. The van der Waals surface area contributed by atoms with E-state index in [1.54, 1.807) is 30.0 Å². The molecule has 48 heavy (non-hydrogen) atoms. The molecule has 0 spiro atoms. The van der Waals surface area contributed by atoms with E-state index in [9.17, 15) is 40.7 Å². The monoisotopic (exact) mass is 681 g/mol. The van der Waals surface area contributed by atoms with E-state index in [2.05, 4.69) is 30.1 Å². The number of hydrogen-bond acceptors (Lipinski definition) is 9. The topological polar surface area (TPSA) is 152 Å². The van der Waals surface area contributed by atoms with Crippen molar-refractivity contribution < 1.29 is 50.4 Å². The summed E-state index contributed by atoms with van der Waals surface area (Å²) in [4.78, 5) is 55.6. The maximum Gasteiger partial charge on any atom is 0.493 e. The first-order chi connectivity index (χ1) is 22.6. The van der Waals surface area contributed by atoms with Crippen molar-refractivity contribution in [2.45, 2.75) is 70.0 Å². The Labute approximate surface area is 268 Å². The Morgan fingerprint density at radius 3 is 2.38 bits per heavy atom. The van der Waals surface area contributed by atoms with Crippen LogP contribution in [-0.2, 0) is 32.2 Å². The van der Waals surface area contributed by atoms with Crippen LogP contribution in [0.1, 0.15) is 53.0 Å². The highest BCUT2D eigenvalue weighted by Crippen LogP contribution is 2.31. The second-order valence-electron chi connectivity index (χ2n) is 11.3. The molecule has 1 aliphatic heterocycles.